The molecule has 0 aliphatic rings. The SMILES string of the molecule is CCOc1ccccc1NC(=S)NC(=O)Cc1ccccc1C. The molecule has 0 heterocycles. The third kappa shape index (κ3) is 5.07. The second-order valence-electron chi connectivity index (χ2n) is 5.03. The van der Waals surface area contributed by atoms with Crippen LogP contribution in [-0.4, -0.2) is 17.6 Å². The van der Waals surface area contributed by atoms with Crippen molar-refractivity contribution in [3.8, 4) is 5.75 Å². The van der Waals surface area contributed by atoms with Crippen LogP contribution in [0.2, 0.25) is 0 Å². The van der Waals surface area contributed by atoms with Crippen LogP contribution in [0.15, 0.2) is 48.5 Å². The molecule has 4 nitrogen and oxygen atoms in total. The van der Waals surface area contributed by atoms with E-state index in [0.29, 0.717) is 18.8 Å². The molecule has 2 aromatic rings. The van der Waals surface area contributed by atoms with Crippen molar-refractivity contribution in [2.45, 2.75) is 20.3 Å². The van der Waals surface area contributed by atoms with E-state index in [4.69, 9.17) is 17.0 Å². The van der Waals surface area contributed by atoms with Crippen LogP contribution in [0.5, 0.6) is 5.75 Å². The number of carbonyl (C=O) groups excluding carboxylic acids is 1. The zero-order valence-corrected chi connectivity index (χ0v) is 14.1. The van der Waals surface area contributed by atoms with Crippen molar-refractivity contribution < 1.29 is 9.53 Å². The number of ether oxygens (including phenoxy) is 1. The second kappa shape index (κ2) is 8.29. The topological polar surface area (TPSA) is 50.4 Å². The maximum absolute atomic E-state index is 12.1. The van der Waals surface area contributed by atoms with Crippen LogP contribution in [0.1, 0.15) is 18.1 Å². The van der Waals surface area contributed by atoms with Gasteiger partial charge in [0.1, 0.15) is 5.75 Å². The zero-order valence-electron chi connectivity index (χ0n) is 13.3. The first-order valence-corrected chi connectivity index (χ1v) is 7.88. The highest BCUT2D eigenvalue weighted by Gasteiger charge is 2.09. The van der Waals surface area contributed by atoms with E-state index in [2.05, 4.69) is 10.6 Å². The number of benzene rings is 2. The molecule has 5 heteroatoms. The van der Waals surface area contributed by atoms with Gasteiger partial charge in [0.2, 0.25) is 5.91 Å². The standard InChI is InChI=1S/C18H20N2O2S/c1-3-22-16-11-7-6-10-15(16)19-18(23)20-17(21)12-14-9-5-4-8-13(14)2/h4-11H,3,12H2,1-2H3,(H2,19,20,21,23). The predicted molar refractivity (Wildman–Crippen MR) is 96.9 cm³/mol. The number of hydrogen-bond donors (Lipinski definition) is 2. The van der Waals surface area contributed by atoms with Crippen LogP contribution < -0.4 is 15.4 Å². The minimum atomic E-state index is -0.148. The van der Waals surface area contributed by atoms with Crippen LogP contribution in [-0.2, 0) is 11.2 Å². The molecule has 2 aromatic carbocycles. The van der Waals surface area contributed by atoms with Crippen molar-refractivity contribution in [2.75, 3.05) is 11.9 Å². The maximum atomic E-state index is 12.1. The van der Waals surface area contributed by atoms with Crippen LogP contribution in [0.3, 0.4) is 0 Å². The van der Waals surface area contributed by atoms with Gasteiger partial charge in [0.05, 0.1) is 18.7 Å². The average Bonchev–Trinajstić information content (AvgIpc) is 2.51. The lowest BCUT2D eigenvalue weighted by Crippen LogP contribution is -2.35. The van der Waals surface area contributed by atoms with Crippen LogP contribution in [0.25, 0.3) is 0 Å². The normalized spacial score (nSPS) is 10.0. The summed E-state index contributed by atoms with van der Waals surface area (Å²) in [6, 6.07) is 15.3. The third-order valence-electron chi connectivity index (χ3n) is 3.30. The fourth-order valence-electron chi connectivity index (χ4n) is 2.16. The summed E-state index contributed by atoms with van der Waals surface area (Å²) in [5.41, 5.74) is 2.81. The lowest BCUT2D eigenvalue weighted by atomic mass is 10.1. The Bertz CT molecular complexity index is 701. The molecule has 120 valence electrons. The first kappa shape index (κ1) is 17.0. The van der Waals surface area contributed by atoms with E-state index >= 15 is 0 Å². The highest BCUT2D eigenvalue weighted by Crippen LogP contribution is 2.23. The summed E-state index contributed by atoms with van der Waals surface area (Å²) in [7, 11) is 0. The van der Waals surface area contributed by atoms with Crippen molar-refractivity contribution in [1.82, 2.24) is 5.32 Å². The van der Waals surface area contributed by atoms with Crippen LogP contribution >= 0.6 is 12.2 Å². The summed E-state index contributed by atoms with van der Waals surface area (Å²) in [4.78, 5) is 12.1. The molecule has 0 fully saturated rings. The molecule has 0 saturated carbocycles. The van der Waals surface area contributed by atoms with E-state index in [1.54, 1.807) is 0 Å². The number of anilines is 1. The van der Waals surface area contributed by atoms with E-state index in [9.17, 15) is 4.79 Å². The number of para-hydroxylation sites is 2. The summed E-state index contributed by atoms with van der Waals surface area (Å²) >= 11 is 5.21. The Hall–Kier alpha value is -2.40. The Morgan fingerprint density at radius 1 is 1.13 bits per heavy atom. The predicted octanol–water partition coefficient (Wildman–Crippen LogP) is 3.45. The van der Waals surface area contributed by atoms with Gasteiger partial charge in [-0.3, -0.25) is 4.79 Å². The fraction of sp³-hybridized carbons (Fsp3) is 0.222. The molecule has 0 saturated heterocycles. The van der Waals surface area contributed by atoms with Gasteiger partial charge in [-0.15, -0.1) is 0 Å². The quantitative estimate of drug-likeness (QED) is 0.826. The largest absolute Gasteiger partial charge is 0.492 e. The molecule has 1 amide bonds. The van der Waals surface area contributed by atoms with E-state index in [-0.39, 0.29) is 11.0 Å². The monoisotopic (exact) mass is 328 g/mol. The van der Waals surface area contributed by atoms with Gasteiger partial charge in [0.25, 0.3) is 0 Å². The Kier molecular flexibility index (Phi) is 6.11. The van der Waals surface area contributed by atoms with Gasteiger partial charge >= 0.3 is 0 Å². The van der Waals surface area contributed by atoms with E-state index in [1.165, 1.54) is 0 Å². The number of thiocarbonyl (C=S) groups is 1. The molecule has 0 bridgehead atoms. The number of rotatable bonds is 5. The van der Waals surface area contributed by atoms with E-state index < -0.39 is 0 Å². The second-order valence-corrected chi connectivity index (χ2v) is 5.44. The summed E-state index contributed by atoms with van der Waals surface area (Å²) < 4.78 is 5.52. The number of nitrogens with one attached hydrogen (secondary N) is 2. The smallest absolute Gasteiger partial charge is 0.230 e. The number of hydrogen-bond acceptors (Lipinski definition) is 3. The minimum absolute atomic E-state index is 0.148. The molecule has 0 atom stereocenters. The van der Waals surface area contributed by atoms with Crippen molar-refractivity contribution in [1.29, 1.82) is 0 Å². The van der Waals surface area contributed by atoms with Crippen LogP contribution in [0.4, 0.5) is 5.69 Å². The highest BCUT2D eigenvalue weighted by atomic mass is 32.1. The number of aryl methyl sites for hydroxylation is 1. The van der Waals surface area contributed by atoms with Gasteiger partial charge in [-0.25, -0.2) is 0 Å². The molecule has 23 heavy (non-hydrogen) atoms. The average molecular weight is 328 g/mol. The summed E-state index contributed by atoms with van der Waals surface area (Å²) in [5, 5.41) is 5.96. The molecule has 0 aromatic heterocycles. The molecule has 0 aliphatic carbocycles. The molecular weight excluding hydrogens is 308 g/mol. The van der Waals surface area contributed by atoms with Gasteiger partial charge in [-0.2, -0.15) is 0 Å². The lowest BCUT2D eigenvalue weighted by Gasteiger charge is -2.13. The molecular formula is C18H20N2O2S. The zero-order chi connectivity index (χ0) is 16.7. The Balaban J connectivity index is 1.95. The first-order valence-electron chi connectivity index (χ1n) is 7.47. The first-order chi connectivity index (χ1) is 11.1. The maximum Gasteiger partial charge on any atom is 0.230 e. The van der Waals surface area contributed by atoms with Crippen LogP contribution in [0, 0.1) is 6.92 Å². The van der Waals surface area contributed by atoms with Gasteiger partial charge in [0, 0.05) is 0 Å². The minimum Gasteiger partial charge on any atom is -0.492 e. The summed E-state index contributed by atoms with van der Waals surface area (Å²) in [6.45, 7) is 4.46. The molecule has 0 spiro atoms. The van der Waals surface area contributed by atoms with E-state index in [0.717, 1.165) is 16.8 Å². The van der Waals surface area contributed by atoms with Crippen molar-refractivity contribution in [3.63, 3.8) is 0 Å². The highest BCUT2D eigenvalue weighted by molar-refractivity contribution is 7.80. The van der Waals surface area contributed by atoms with Gasteiger partial charge in [0.15, 0.2) is 5.11 Å². The number of carbonyl (C=O) groups is 1. The van der Waals surface area contributed by atoms with Gasteiger partial charge < -0.3 is 15.4 Å². The Labute approximate surface area is 141 Å². The van der Waals surface area contributed by atoms with Gasteiger partial charge in [-0.1, -0.05) is 36.4 Å². The Morgan fingerprint density at radius 2 is 1.83 bits per heavy atom. The van der Waals surface area contributed by atoms with Crippen molar-refractivity contribution in [2.24, 2.45) is 0 Å². The fourth-order valence-corrected chi connectivity index (χ4v) is 2.38. The van der Waals surface area contributed by atoms with Crippen molar-refractivity contribution in [3.05, 3.63) is 59.7 Å². The number of amides is 1. The Morgan fingerprint density at radius 3 is 2.57 bits per heavy atom. The lowest BCUT2D eigenvalue weighted by molar-refractivity contribution is -0.119. The molecule has 0 aliphatic heterocycles. The molecule has 2 rings (SSSR count). The molecule has 0 radical (unpaired) electrons. The van der Waals surface area contributed by atoms with E-state index in [1.807, 2.05) is 62.4 Å². The molecule has 2 N–H and O–H groups in total. The summed E-state index contributed by atoms with van der Waals surface area (Å²) in [5.74, 6) is 0.552. The molecule has 0 unspecified atom stereocenters. The van der Waals surface area contributed by atoms with Gasteiger partial charge in [-0.05, 0) is 49.3 Å². The third-order valence-corrected chi connectivity index (χ3v) is 3.50. The summed E-state index contributed by atoms with van der Waals surface area (Å²) in [6.07, 6.45) is 0.293. The van der Waals surface area contributed by atoms with Crippen molar-refractivity contribution >= 4 is 28.9 Å².